The van der Waals surface area contributed by atoms with Crippen LogP contribution in [0.2, 0.25) is 0 Å². The van der Waals surface area contributed by atoms with Gasteiger partial charge in [0.15, 0.2) is 6.29 Å². The number of H-pyrrole nitrogens is 1. The monoisotopic (exact) mass is 601 g/mol. The van der Waals surface area contributed by atoms with Crippen molar-refractivity contribution in [1.29, 1.82) is 0 Å². The first-order valence-electron chi connectivity index (χ1n) is 13.6. The predicted octanol–water partition coefficient (Wildman–Crippen LogP) is 6.25. The van der Waals surface area contributed by atoms with E-state index in [-0.39, 0.29) is 18.2 Å². The Morgan fingerprint density at radius 2 is 1.50 bits per heavy atom. The highest BCUT2D eigenvalue weighted by atomic mass is 19.4. The Balaban J connectivity index is 1.43. The lowest BCUT2D eigenvalue weighted by molar-refractivity contribution is -0.231. The summed E-state index contributed by atoms with van der Waals surface area (Å²) in [5.74, 6) is -0.471. The van der Waals surface area contributed by atoms with Crippen LogP contribution in [0, 0.1) is 5.82 Å². The van der Waals surface area contributed by atoms with Crippen LogP contribution >= 0.6 is 0 Å². The number of morpholine rings is 1. The average Bonchev–Trinajstić information content (AvgIpc) is 3.61. The zero-order valence-corrected chi connectivity index (χ0v) is 22.7. The van der Waals surface area contributed by atoms with E-state index < -0.39 is 47.7 Å². The van der Waals surface area contributed by atoms with Crippen molar-refractivity contribution in [2.24, 2.45) is 0 Å². The van der Waals surface area contributed by atoms with Crippen molar-refractivity contribution in [1.82, 2.24) is 25.2 Å². The highest BCUT2D eigenvalue weighted by molar-refractivity contribution is 5.35. The number of rotatable bonds is 8. The normalized spacial score (nSPS) is 21.6. The van der Waals surface area contributed by atoms with Crippen molar-refractivity contribution in [3.63, 3.8) is 0 Å². The summed E-state index contributed by atoms with van der Waals surface area (Å²) in [6.45, 7) is 4.79. The van der Waals surface area contributed by atoms with Crippen LogP contribution in [0.25, 0.3) is 0 Å². The minimum absolute atomic E-state index is 0.0774. The number of benzene rings is 2. The molecule has 0 saturated carbocycles. The maximum atomic E-state index is 13.8. The van der Waals surface area contributed by atoms with Gasteiger partial charge in [-0.2, -0.15) is 41.8 Å². The summed E-state index contributed by atoms with van der Waals surface area (Å²) in [5, 5.41) is 11.3. The van der Waals surface area contributed by atoms with E-state index in [1.165, 1.54) is 19.1 Å². The van der Waals surface area contributed by atoms with Crippen LogP contribution in [0.15, 0.2) is 42.5 Å². The smallest absolute Gasteiger partial charge is 0.349 e. The highest BCUT2D eigenvalue weighted by Gasteiger charge is 2.39. The van der Waals surface area contributed by atoms with Gasteiger partial charge in [-0.1, -0.05) is 12.1 Å². The molecule has 7 nitrogen and oxygen atoms in total. The molecule has 3 aromatic rings. The number of hydrogen-bond acceptors (Lipinski definition) is 6. The van der Waals surface area contributed by atoms with Crippen LogP contribution in [0.4, 0.5) is 30.7 Å². The average molecular weight is 602 g/mol. The lowest BCUT2D eigenvalue weighted by Gasteiger charge is -2.42. The Hall–Kier alpha value is -3.07. The Morgan fingerprint density at radius 1 is 0.905 bits per heavy atom. The Labute approximate surface area is 237 Å². The van der Waals surface area contributed by atoms with Gasteiger partial charge in [0.25, 0.3) is 0 Å². The quantitative estimate of drug-likeness (QED) is 0.308. The molecule has 0 radical (unpaired) electrons. The molecule has 2 aliphatic heterocycles. The Kier molecular flexibility index (Phi) is 8.88. The van der Waals surface area contributed by atoms with Crippen LogP contribution in [-0.4, -0.2) is 57.7 Å². The van der Waals surface area contributed by atoms with Gasteiger partial charge in [-0.3, -0.25) is 9.80 Å². The SMILES string of the molecule is C[C@@H](OC1OCCN(Cc2n[nH]nc2CN2CCCC2)C1c1ccc(F)cc1)c1cc(C(F)(F)F)cc(C(F)(F)F)c1. The summed E-state index contributed by atoms with van der Waals surface area (Å²) in [5.41, 5.74) is -1.11. The molecule has 2 unspecified atom stereocenters. The van der Waals surface area contributed by atoms with E-state index in [1.807, 2.05) is 4.90 Å². The molecular formula is C28H30F7N5O2. The molecule has 2 saturated heterocycles. The van der Waals surface area contributed by atoms with Crippen molar-refractivity contribution in [3.05, 3.63) is 81.9 Å². The molecule has 2 aromatic carbocycles. The molecule has 0 spiro atoms. The third kappa shape index (κ3) is 7.10. The van der Waals surface area contributed by atoms with Crippen LogP contribution in [0.3, 0.4) is 0 Å². The van der Waals surface area contributed by atoms with Crippen molar-refractivity contribution in [3.8, 4) is 0 Å². The highest BCUT2D eigenvalue weighted by Crippen LogP contribution is 2.40. The number of aromatic amines is 1. The van der Waals surface area contributed by atoms with Crippen LogP contribution in [0.5, 0.6) is 0 Å². The Morgan fingerprint density at radius 3 is 2.10 bits per heavy atom. The van der Waals surface area contributed by atoms with Gasteiger partial charge in [-0.05, 0) is 74.3 Å². The molecule has 1 aromatic heterocycles. The van der Waals surface area contributed by atoms with E-state index in [9.17, 15) is 30.7 Å². The largest absolute Gasteiger partial charge is 0.416 e. The van der Waals surface area contributed by atoms with Crippen LogP contribution < -0.4 is 0 Å². The summed E-state index contributed by atoms with van der Waals surface area (Å²) in [7, 11) is 0. The molecular weight excluding hydrogens is 571 g/mol. The number of ether oxygens (including phenoxy) is 2. The first-order valence-corrected chi connectivity index (χ1v) is 13.6. The number of alkyl halides is 6. The summed E-state index contributed by atoms with van der Waals surface area (Å²) in [6, 6.07) is 6.31. The first kappa shape index (κ1) is 30.4. The maximum Gasteiger partial charge on any atom is 0.416 e. The van der Waals surface area contributed by atoms with Gasteiger partial charge in [-0.25, -0.2) is 4.39 Å². The third-order valence-electron chi connectivity index (χ3n) is 7.57. The van der Waals surface area contributed by atoms with Gasteiger partial charge in [0.1, 0.15) is 17.2 Å². The second-order valence-corrected chi connectivity index (χ2v) is 10.5. The molecule has 3 atom stereocenters. The standard InChI is InChI=1S/C28H30F7N5O2/c1-17(19-12-20(27(30,31)32)14-21(13-19)28(33,34)35)42-26-25(18-4-6-22(29)7-5-18)40(10-11-41-26)16-24-23(36-38-37-24)15-39-8-2-3-9-39/h4-7,12-14,17,25-26H,2-3,8-11,15-16H2,1H3,(H,36,37,38)/t17-,25?,26?/m1/s1. The van der Waals surface area contributed by atoms with E-state index in [0.29, 0.717) is 43.0 Å². The molecule has 2 aliphatic rings. The minimum atomic E-state index is -4.99. The lowest BCUT2D eigenvalue weighted by Crippen LogP contribution is -2.46. The van der Waals surface area contributed by atoms with E-state index in [2.05, 4.69) is 20.3 Å². The fraction of sp³-hybridized carbons (Fsp3) is 0.500. The summed E-state index contributed by atoms with van der Waals surface area (Å²) >= 11 is 0. The van der Waals surface area contributed by atoms with Gasteiger partial charge in [-0.15, -0.1) is 0 Å². The van der Waals surface area contributed by atoms with Gasteiger partial charge in [0.2, 0.25) is 0 Å². The third-order valence-corrected chi connectivity index (χ3v) is 7.57. The van der Waals surface area contributed by atoms with Gasteiger partial charge >= 0.3 is 12.4 Å². The molecule has 42 heavy (non-hydrogen) atoms. The molecule has 0 amide bonds. The summed E-state index contributed by atoms with van der Waals surface area (Å²) < 4.78 is 107. The molecule has 0 bridgehead atoms. The zero-order chi connectivity index (χ0) is 30.1. The lowest BCUT2D eigenvalue weighted by atomic mass is 10.0. The number of hydrogen-bond donors (Lipinski definition) is 1. The second kappa shape index (κ2) is 12.3. The topological polar surface area (TPSA) is 66.5 Å². The Bertz CT molecular complexity index is 1310. The minimum Gasteiger partial charge on any atom is -0.349 e. The molecule has 3 heterocycles. The van der Waals surface area contributed by atoms with Crippen LogP contribution in [-0.2, 0) is 34.9 Å². The fourth-order valence-corrected chi connectivity index (χ4v) is 5.37. The molecule has 2 fully saturated rings. The van der Waals surface area contributed by atoms with Crippen molar-refractivity contribution in [2.45, 2.75) is 63.6 Å². The van der Waals surface area contributed by atoms with Gasteiger partial charge < -0.3 is 9.47 Å². The predicted molar refractivity (Wildman–Crippen MR) is 136 cm³/mol. The maximum absolute atomic E-state index is 13.8. The zero-order valence-electron chi connectivity index (χ0n) is 22.7. The number of aromatic nitrogens is 3. The number of likely N-dealkylation sites (tertiary alicyclic amines) is 1. The van der Waals surface area contributed by atoms with Crippen molar-refractivity contribution in [2.75, 3.05) is 26.2 Å². The van der Waals surface area contributed by atoms with E-state index in [1.54, 1.807) is 12.1 Å². The molecule has 1 N–H and O–H groups in total. The van der Waals surface area contributed by atoms with Crippen molar-refractivity contribution >= 4 is 0 Å². The molecule has 14 heteroatoms. The molecule has 0 aliphatic carbocycles. The van der Waals surface area contributed by atoms with E-state index in [0.717, 1.165) is 31.6 Å². The second-order valence-electron chi connectivity index (χ2n) is 10.5. The number of nitrogens with zero attached hydrogens (tertiary/aromatic N) is 4. The van der Waals surface area contributed by atoms with Gasteiger partial charge in [0, 0.05) is 19.6 Å². The van der Waals surface area contributed by atoms with Crippen molar-refractivity contribution < 1.29 is 40.2 Å². The van der Waals surface area contributed by atoms with E-state index in [4.69, 9.17) is 9.47 Å². The fourth-order valence-electron chi connectivity index (χ4n) is 5.37. The summed E-state index contributed by atoms with van der Waals surface area (Å²) in [4.78, 5) is 4.25. The van der Waals surface area contributed by atoms with Crippen LogP contribution in [0.1, 0.15) is 65.6 Å². The molecule has 228 valence electrons. The van der Waals surface area contributed by atoms with Gasteiger partial charge in [0.05, 0.1) is 29.9 Å². The molecule has 5 rings (SSSR count). The van der Waals surface area contributed by atoms with E-state index >= 15 is 0 Å². The number of halogens is 7. The first-order chi connectivity index (χ1) is 19.9. The number of nitrogens with one attached hydrogen (secondary N) is 1. The summed E-state index contributed by atoms with van der Waals surface area (Å²) in [6.07, 6.45) is -10.1.